The number of anilines is 1. The fourth-order valence-corrected chi connectivity index (χ4v) is 3.08. The molecule has 1 aliphatic rings. The van der Waals surface area contributed by atoms with E-state index < -0.39 is 0 Å². The number of rotatable bonds is 3. The fourth-order valence-electron chi connectivity index (χ4n) is 2.04. The number of aromatic nitrogens is 4. The highest BCUT2D eigenvalue weighted by Gasteiger charge is 2.20. The lowest BCUT2D eigenvalue weighted by Gasteiger charge is -2.07. The second-order valence-electron chi connectivity index (χ2n) is 4.15. The molecule has 6 heteroatoms. The maximum Gasteiger partial charge on any atom is 0.164 e. The molecule has 0 bridgehead atoms. The van der Waals surface area contributed by atoms with Crippen LogP contribution in [0.4, 0.5) is 5.82 Å². The lowest BCUT2D eigenvalue weighted by Crippen LogP contribution is -2.03. The van der Waals surface area contributed by atoms with Crippen LogP contribution in [0, 0.1) is 0 Å². The zero-order chi connectivity index (χ0) is 12.5. The van der Waals surface area contributed by atoms with Gasteiger partial charge in [0.05, 0.1) is 17.5 Å². The lowest BCUT2D eigenvalue weighted by molar-refractivity contribution is 0.660. The van der Waals surface area contributed by atoms with Crippen LogP contribution in [0.5, 0.6) is 0 Å². The minimum atomic E-state index is 0.764. The molecule has 3 heterocycles. The van der Waals surface area contributed by atoms with Gasteiger partial charge in [0.15, 0.2) is 5.82 Å². The Morgan fingerprint density at radius 1 is 1.39 bits per heavy atom. The minimum Gasteiger partial charge on any atom is -0.373 e. The molecule has 3 rings (SSSR count). The highest BCUT2D eigenvalue weighted by molar-refractivity contribution is 7.98. The van der Waals surface area contributed by atoms with Crippen molar-refractivity contribution < 1.29 is 0 Å². The van der Waals surface area contributed by atoms with Gasteiger partial charge in [0.2, 0.25) is 0 Å². The van der Waals surface area contributed by atoms with Crippen molar-refractivity contribution in [3.05, 3.63) is 23.7 Å². The average Bonchev–Trinajstić information content (AvgIpc) is 3.05. The molecule has 1 aliphatic heterocycles. The molecule has 0 unspecified atom stereocenters. The number of aryl methyl sites for hydroxylation is 1. The van der Waals surface area contributed by atoms with Gasteiger partial charge in [-0.3, -0.25) is 4.68 Å². The first-order valence-corrected chi connectivity index (χ1v) is 7.15. The van der Waals surface area contributed by atoms with Crippen LogP contribution < -0.4 is 5.32 Å². The van der Waals surface area contributed by atoms with Crippen molar-refractivity contribution in [1.29, 1.82) is 0 Å². The van der Waals surface area contributed by atoms with E-state index in [1.807, 2.05) is 35.9 Å². The first-order valence-electron chi connectivity index (χ1n) is 6.00. The Balaban J connectivity index is 2.07. The molecule has 2 aromatic rings. The normalized spacial score (nSPS) is 13.7. The predicted octanol–water partition coefficient (Wildman–Crippen LogP) is 2.15. The van der Waals surface area contributed by atoms with Crippen LogP contribution in [0.25, 0.3) is 11.4 Å². The highest BCUT2D eigenvalue weighted by Crippen LogP contribution is 2.34. The molecular formula is C12H15N5S. The largest absolute Gasteiger partial charge is 0.373 e. The van der Waals surface area contributed by atoms with Gasteiger partial charge in [0, 0.05) is 36.9 Å². The van der Waals surface area contributed by atoms with Crippen molar-refractivity contribution in [2.45, 2.75) is 25.0 Å². The topological polar surface area (TPSA) is 55.6 Å². The number of hydrogen-bond donors (Lipinski definition) is 1. The molecule has 94 valence electrons. The number of nitrogens with one attached hydrogen (secondary N) is 1. The second kappa shape index (κ2) is 4.61. The third kappa shape index (κ3) is 1.86. The van der Waals surface area contributed by atoms with Gasteiger partial charge < -0.3 is 5.32 Å². The molecule has 0 spiro atoms. The van der Waals surface area contributed by atoms with Crippen LogP contribution in [0.1, 0.15) is 18.2 Å². The van der Waals surface area contributed by atoms with Crippen molar-refractivity contribution in [2.75, 3.05) is 12.4 Å². The summed E-state index contributed by atoms with van der Waals surface area (Å²) in [7, 11) is 1.91. The van der Waals surface area contributed by atoms with Crippen LogP contribution in [0.15, 0.2) is 12.4 Å². The Labute approximate surface area is 110 Å². The summed E-state index contributed by atoms with van der Waals surface area (Å²) in [5, 5.41) is 7.44. The van der Waals surface area contributed by atoms with E-state index in [9.17, 15) is 0 Å². The van der Waals surface area contributed by atoms with Crippen LogP contribution in [0.2, 0.25) is 0 Å². The first kappa shape index (κ1) is 11.5. The smallest absolute Gasteiger partial charge is 0.164 e. The maximum absolute atomic E-state index is 4.65. The number of fused-ring (bicyclic) bond motifs is 1. The first-order chi connectivity index (χ1) is 8.81. The molecule has 18 heavy (non-hydrogen) atoms. The van der Waals surface area contributed by atoms with Crippen LogP contribution in [-0.2, 0) is 18.1 Å². The molecule has 0 atom stereocenters. The van der Waals surface area contributed by atoms with Gasteiger partial charge in [-0.25, -0.2) is 9.97 Å². The lowest BCUT2D eigenvalue weighted by atomic mass is 10.2. The monoisotopic (exact) mass is 261 g/mol. The van der Waals surface area contributed by atoms with Gasteiger partial charge in [-0.2, -0.15) is 16.9 Å². The SMILES string of the molecule is CCn1cc(-c2nc3c(c(NC)n2)CSC3)cn1. The van der Waals surface area contributed by atoms with E-state index in [2.05, 4.69) is 27.3 Å². The summed E-state index contributed by atoms with van der Waals surface area (Å²) in [6.45, 7) is 2.93. The predicted molar refractivity (Wildman–Crippen MR) is 73.5 cm³/mol. The zero-order valence-corrected chi connectivity index (χ0v) is 11.3. The molecular weight excluding hydrogens is 246 g/mol. The summed E-state index contributed by atoms with van der Waals surface area (Å²) in [6.07, 6.45) is 3.82. The van der Waals surface area contributed by atoms with Crippen molar-refractivity contribution in [3.63, 3.8) is 0 Å². The molecule has 0 radical (unpaired) electrons. The van der Waals surface area contributed by atoms with Gasteiger partial charge in [0.1, 0.15) is 5.82 Å². The standard InChI is InChI=1S/C12H15N5S/c1-3-17-5-8(4-14-17)11-15-10-7-18-6-9(10)12(13-2)16-11/h4-5H,3,6-7H2,1-2H3,(H,13,15,16). The number of hydrogen-bond acceptors (Lipinski definition) is 5. The molecule has 0 amide bonds. The van der Waals surface area contributed by atoms with Gasteiger partial charge >= 0.3 is 0 Å². The van der Waals surface area contributed by atoms with E-state index in [1.165, 1.54) is 5.56 Å². The van der Waals surface area contributed by atoms with Crippen LogP contribution >= 0.6 is 11.8 Å². The Morgan fingerprint density at radius 3 is 3.00 bits per heavy atom. The number of thioether (sulfide) groups is 1. The summed E-state index contributed by atoms with van der Waals surface area (Å²) >= 11 is 1.88. The van der Waals surface area contributed by atoms with Gasteiger partial charge in [-0.15, -0.1) is 0 Å². The van der Waals surface area contributed by atoms with Crippen molar-refractivity contribution in [3.8, 4) is 11.4 Å². The zero-order valence-electron chi connectivity index (χ0n) is 10.5. The molecule has 0 saturated heterocycles. The molecule has 2 aromatic heterocycles. The van der Waals surface area contributed by atoms with Crippen LogP contribution in [0.3, 0.4) is 0 Å². The van der Waals surface area contributed by atoms with Gasteiger partial charge in [-0.05, 0) is 6.92 Å². The molecule has 1 N–H and O–H groups in total. The van der Waals surface area contributed by atoms with Gasteiger partial charge in [-0.1, -0.05) is 0 Å². The summed E-state index contributed by atoms with van der Waals surface area (Å²) in [4.78, 5) is 9.25. The third-order valence-corrected chi connectivity index (χ3v) is 4.00. The van der Waals surface area contributed by atoms with E-state index in [0.29, 0.717) is 0 Å². The average molecular weight is 261 g/mol. The van der Waals surface area contributed by atoms with E-state index >= 15 is 0 Å². The second-order valence-corrected chi connectivity index (χ2v) is 5.13. The van der Waals surface area contributed by atoms with Crippen molar-refractivity contribution in [2.24, 2.45) is 0 Å². The molecule has 5 nitrogen and oxygen atoms in total. The maximum atomic E-state index is 4.65. The summed E-state index contributed by atoms with van der Waals surface area (Å²) in [6, 6.07) is 0. The third-order valence-electron chi connectivity index (χ3n) is 3.03. The Hall–Kier alpha value is -1.56. The van der Waals surface area contributed by atoms with Crippen molar-refractivity contribution in [1.82, 2.24) is 19.7 Å². The molecule has 0 aliphatic carbocycles. The summed E-state index contributed by atoms with van der Waals surface area (Å²) in [5.74, 6) is 3.69. The fraction of sp³-hybridized carbons (Fsp3) is 0.417. The quantitative estimate of drug-likeness (QED) is 0.917. The van der Waals surface area contributed by atoms with Gasteiger partial charge in [0.25, 0.3) is 0 Å². The highest BCUT2D eigenvalue weighted by atomic mass is 32.2. The molecule has 0 saturated carbocycles. The van der Waals surface area contributed by atoms with Crippen LogP contribution in [-0.4, -0.2) is 26.8 Å². The Morgan fingerprint density at radius 2 is 2.28 bits per heavy atom. The molecule has 0 aromatic carbocycles. The Bertz CT molecular complexity index is 578. The summed E-state index contributed by atoms with van der Waals surface area (Å²) < 4.78 is 1.89. The van der Waals surface area contributed by atoms with E-state index in [-0.39, 0.29) is 0 Å². The van der Waals surface area contributed by atoms with E-state index in [0.717, 1.165) is 41.0 Å². The summed E-state index contributed by atoms with van der Waals surface area (Å²) in [5.41, 5.74) is 3.38. The van der Waals surface area contributed by atoms with Crippen molar-refractivity contribution >= 4 is 17.6 Å². The van der Waals surface area contributed by atoms with E-state index in [1.54, 1.807) is 0 Å². The number of nitrogens with zero attached hydrogens (tertiary/aromatic N) is 4. The molecule has 0 fully saturated rings. The minimum absolute atomic E-state index is 0.764. The Kier molecular flexibility index (Phi) is 2.95. The van der Waals surface area contributed by atoms with E-state index in [4.69, 9.17) is 0 Å².